The summed E-state index contributed by atoms with van der Waals surface area (Å²) in [5.41, 5.74) is 0. The highest BCUT2D eigenvalue weighted by atomic mass is 31.2. The van der Waals surface area contributed by atoms with E-state index in [0.717, 1.165) is 128 Å². The van der Waals surface area contributed by atoms with Crippen molar-refractivity contribution in [2.75, 3.05) is 39.6 Å². The third-order valence-corrected chi connectivity index (χ3v) is 17.2. The van der Waals surface area contributed by atoms with Crippen LogP contribution in [0.2, 0.25) is 0 Å². The molecule has 0 amide bonds. The molecule has 0 aromatic carbocycles. The molecule has 3 N–H and O–H groups in total. The van der Waals surface area contributed by atoms with Crippen molar-refractivity contribution >= 4 is 39.5 Å². The quantitative estimate of drug-likeness (QED) is 0.0169. The molecule has 19 heteroatoms. The molecule has 596 valence electrons. The molecule has 5 atom stereocenters. The lowest BCUT2D eigenvalue weighted by Crippen LogP contribution is -2.30. The second-order valence-electron chi connectivity index (χ2n) is 25.2. The molecule has 0 heterocycles. The maximum absolute atomic E-state index is 13.1. The van der Waals surface area contributed by atoms with Crippen molar-refractivity contribution in [3.63, 3.8) is 0 Å². The van der Waals surface area contributed by atoms with E-state index in [9.17, 15) is 43.2 Å². The van der Waals surface area contributed by atoms with Gasteiger partial charge in [0, 0.05) is 19.3 Å². The molecule has 5 unspecified atom stereocenters. The molecule has 0 aromatic rings. The number of unbranched alkanes of at least 4 members (excludes halogenated alkanes) is 12. The molecule has 0 bridgehead atoms. The van der Waals surface area contributed by atoms with Gasteiger partial charge in [-0.25, -0.2) is 9.13 Å². The van der Waals surface area contributed by atoms with E-state index in [4.69, 9.17) is 37.0 Å². The Balaban J connectivity index is 5.58. The van der Waals surface area contributed by atoms with Crippen molar-refractivity contribution in [3.8, 4) is 0 Å². The van der Waals surface area contributed by atoms with Crippen LogP contribution in [0, 0.1) is 0 Å². The molecule has 0 fully saturated rings. The Kier molecular flexibility index (Phi) is 72.2. The van der Waals surface area contributed by atoms with Crippen molar-refractivity contribution in [2.45, 2.75) is 277 Å². The van der Waals surface area contributed by atoms with Gasteiger partial charge in [0.25, 0.3) is 0 Å². The molecule has 0 spiro atoms. The summed E-state index contributed by atoms with van der Waals surface area (Å²) in [6, 6.07) is 0. The van der Waals surface area contributed by atoms with Crippen LogP contribution < -0.4 is 0 Å². The fraction of sp³-hybridized carbons (Fsp3) is 0.563. The predicted octanol–water partition coefficient (Wildman–Crippen LogP) is 23.1. The minimum atomic E-state index is -5.03. The molecule has 0 aliphatic carbocycles. The van der Waals surface area contributed by atoms with Gasteiger partial charge in [0.15, 0.2) is 12.2 Å². The zero-order valence-corrected chi connectivity index (χ0v) is 66.8. The van der Waals surface area contributed by atoms with Crippen LogP contribution in [0.1, 0.15) is 259 Å². The Morgan fingerprint density at radius 2 is 0.557 bits per heavy atom. The number of phosphoric ester groups is 2. The Morgan fingerprint density at radius 1 is 0.283 bits per heavy atom. The van der Waals surface area contributed by atoms with Crippen LogP contribution in [0.15, 0.2) is 207 Å². The van der Waals surface area contributed by atoms with Gasteiger partial charge in [0.1, 0.15) is 19.3 Å². The zero-order valence-electron chi connectivity index (χ0n) is 65.0. The standard InChI is InChI=1S/C87H136O17P2/c1-5-9-13-17-21-25-29-33-37-39-40-42-45-48-52-56-60-64-68-72-85(90)98-78-83(104-87(92)74-70-66-62-58-54-50-46-41-38-34-30-26-22-18-14-10-6-2)80-102-106(95,96)100-76-81(88)75-99-105(93,94)101-79-82(103-86(91)73-69-65-61-57-53-49-44-36-32-28-24-20-16-12-8-4)77-97-84(89)71-67-63-59-55-51-47-43-35-31-27-23-19-15-11-7-3/h9-11,13-15,21-23,25-27,33-38,40,42-44,46,48,50-52,55,58,60,62-64,67,81-83,88H,5-8,12,16-20,24,28-32,39,41,45,47,49,53-54,56-57,59,61,65-66,68-80H2,1-4H3,(H,93,94)(H,95,96)/b13-9-,14-10-,15-11-,25-21-,26-22-,27-23-,37-33-,38-34-,42-40-,43-35-,44-36-,50-46-,52-48-,55-51-,62-58-,64-60-,67-63-. The van der Waals surface area contributed by atoms with Gasteiger partial charge in [-0.3, -0.25) is 37.3 Å². The highest BCUT2D eigenvalue weighted by molar-refractivity contribution is 7.47. The lowest BCUT2D eigenvalue weighted by Gasteiger charge is -2.21. The fourth-order valence-electron chi connectivity index (χ4n) is 9.41. The summed E-state index contributed by atoms with van der Waals surface area (Å²) in [7, 11) is -10.0. The lowest BCUT2D eigenvalue weighted by atomic mass is 10.1. The highest BCUT2D eigenvalue weighted by Gasteiger charge is 2.30. The molecule has 0 aliphatic rings. The van der Waals surface area contributed by atoms with Crippen LogP contribution in [0.4, 0.5) is 0 Å². The van der Waals surface area contributed by atoms with Crippen LogP contribution in [0.25, 0.3) is 0 Å². The smallest absolute Gasteiger partial charge is 0.462 e. The summed E-state index contributed by atoms with van der Waals surface area (Å²) in [5.74, 6) is -2.53. The normalized spacial score (nSPS) is 15.0. The van der Waals surface area contributed by atoms with Crippen molar-refractivity contribution in [2.24, 2.45) is 0 Å². The van der Waals surface area contributed by atoms with Gasteiger partial charge >= 0.3 is 39.5 Å². The first-order chi connectivity index (χ1) is 51.7. The summed E-state index contributed by atoms with van der Waals surface area (Å²) in [5, 5.41) is 10.6. The Labute approximate surface area is 639 Å². The van der Waals surface area contributed by atoms with Crippen LogP contribution in [0.5, 0.6) is 0 Å². The molecule has 0 radical (unpaired) electrons. The van der Waals surface area contributed by atoms with Crippen LogP contribution in [0.3, 0.4) is 0 Å². The van der Waals surface area contributed by atoms with Crippen LogP contribution >= 0.6 is 15.6 Å². The molecule has 0 saturated carbocycles. The number of carbonyl (C=O) groups is 4. The molecular weight excluding hydrogens is 1380 g/mol. The van der Waals surface area contributed by atoms with Gasteiger partial charge in [-0.15, -0.1) is 0 Å². The van der Waals surface area contributed by atoms with Gasteiger partial charge in [0.2, 0.25) is 0 Å². The first kappa shape index (κ1) is 99.6. The van der Waals surface area contributed by atoms with E-state index in [2.05, 4.69) is 180 Å². The van der Waals surface area contributed by atoms with E-state index in [1.54, 1.807) is 6.08 Å². The third-order valence-electron chi connectivity index (χ3n) is 15.3. The average Bonchev–Trinajstić information content (AvgIpc) is 0.902. The molecule has 106 heavy (non-hydrogen) atoms. The maximum atomic E-state index is 13.1. The van der Waals surface area contributed by atoms with E-state index in [-0.39, 0.29) is 25.7 Å². The van der Waals surface area contributed by atoms with Gasteiger partial charge < -0.3 is 33.8 Å². The lowest BCUT2D eigenvalue weighted by molar-refractivity contribution is -0.161. The number of aliphatic hydroxyl groups is 1. The average molecular weight is 1520 g/mol. The summed E-state index contributed by atoms with van der Waals surface area (Å²) in [4.78, 5) is 72.9. The van der Waals surface area contributed by atoms with Crippen molar-refractivity contribution < 1.29 is 80.2 Å². The number of rotatable bonds is 71. The zero-order chi connectivity index (χ0) is 77.4. The Hall–Kier alpha value is -6.36. The largest absolute Gasteiger partial charge is 0.472 e. The number of hydrogen-bond acceptors (Lipinski definition) is 15. The number of allylic oxidation sites excluding steroid dienone is 33. The number of phosphoric acid groups is 2. The van der Waals surface area contributed by atoms with Gasteiger partial charge in [-0.05, 0) is 154 Å². The highest BCUT2D eigenvalue weighted by Crippen LogP contribution is 2.45. The molecule has 0 aliphatic heterocycles. The number of carbonyl (C=O) groups excluding carboxylic acids is 4. The van der Waals surface area contributed by atoms with Gasteiger partial charge in [-0.1, -0.05) is 286 Å². The Morgan fingerprint density at radius 3 is 0.925 bits per heavy atom. The molecular formula is C87H136O17P2. The fourth-order valence-corrected chi connectivity index (χ4v) is 11.0. The van der Waals surface area contributed by atoms with E-state index in [0.29, 0.717) is 38.5 Å². The van der Waals surface area contributed by atoms with Crippen LogP contribution in [-0.2, 0) is 65.4 Å². The molecule has 0 rings (SSSR count). The summed E-state index contributed by atoms with van der Waals surface area (Å²) in [6.07, 6.45) is 95.8. The summed E-state index contributed by atoms with van der Waals surface area (Å²) >= 11 is 0. The van der Waals surface area contributed by atoms with Gasteiger partial charge in [0.05, 0.1) is 32.8 Å². The molecule has 0 saturated heterocycles. The first-order valence-corrected chi connectivity index (χ1v) is 42.3. The van der Waals surface area contributed by atoms with E-state index in [1.165, 1.54) is 38.5 Å². The first-order valence-electron chi connectivity index (χ1n) is 39.3. The van der Waals surface area contributed by atoms with Crippen molar-refractivity contribution in [1.82, 2.24) is 0 Å². The summed E-state index contributed by atoms with van der Waals surface area (Å²) < 4.78 is 68.3. The number of aliphatic hydroxyl groups excluding tert-OH is 1. The number of ether oxygens (including phenoxy) is 4. The van der Waals surface area contributed by atoms with E-state index in [1.807, 2.05) is 48.6 Å². The van der Waals surface area contributed by atoms with E-state index >= 15 is 0 Å². The monoisotopic (exact) mass is 1510 g/mol. The topological polar surface area (TPSA) is 237 Å². The van der Waals surface area contributed by atoms with Gasteiger partial charge in [-0.2, -0.15) is 0 Å². The van der Waals surface area contributed by atoms with Crippen molar-refractivity contribution in [3.05, 3.63) is 207 Å². The van der Waals surface area contributed by atoms with E-state index < -0.39 is 97.5 Å². The Bertz CT molecular complexity index is 2830. The minimum absolute atomic E-state index is 0.0107. The minimum Gasteiger partial charge on any atom is -0.462 e. The summed E-state index contributed by atoms with van der Waals surface area (Å²) in [6.45, 7) is 4.21. The third kappa shape index (κ3) is 75.9. The molecule has 0 aromatic heterocycles. The number of esters is 4. The number of hydrogen-bond donors (Lipinski definition) is 3. The second-order valence-corrected chi connectivity index (χ2v) is 28.1. The SMILES string of the molecule is CC/C=C\C/C=C\C/C=C\C/C=C\C/C=C\C/C=C\CCC(=O)OCC(COP(=O)(O)OCC(O)COP(=O)(O)OCC(COC(=O)C/C=C\C/C=C\C/C=C\C/C=C\C/C=C\CC)OC(=O)CCCCCCC/C=C\CCCCCCCC)OC(=O)CCC/C=C\C/C=C\C/C=C\C/C=C\C/C=C\CC. The maximum Gasteiger partial charge on any atom is 0.472 e. The van der Waals surface area contributed by atoms with Crippen molar-refractivity contribution in [1.29, 1.82) is 0 Å². The molecule has 17 nitrogen and oxygen atoms in total. The second kappa shape index (κ2) is 76.8. The predicted molar refractivity (Wildman–Crippen MR) is 435 cm³/mol. The van der Waals surface area contributed by atoms with Crippen LogP contribution in [-0.4, -0.2) is 96.7 Å².